The third-order valence-electron chi connectivity index (χ3n) is 2.37. The molecule has 1 aromatic rings. The van der Waals surface area contributed by atoms with E-state index in [2.05, 4.69) is 18.8 Å². The standard InChI is InChI=1S/C11H17FN2/c1-4-9(2)8-14(3)11-7-5-6-10(12)13-11/h5-7,9H,4,8H2,1-3H3. The Balaban J connectivity index is 2.64. The summed E-state index contributed by atoms with van der Waals surface area (Å²) in [5, 5.41) is 0. The highest BCUT2D eigenvalue weighted by atomic mass is 19.1. The minimum atomic E-state index is -0.418. The molecule has 2 nitrogen and oxygen atoms in total. The zero-order valence-electron chi connectivity index (χ0n) is 9.00. The number of nitrogens with zero attached hydrogens (tertiary/aromatic N) is 2. The minimum Gasteiger partial charge on any atom is -0.359 e. The van der Waals surface area contributed by atoms with Crippen molar-refractivity contribution in [3.63, 3.8) is 0 Å². The predicted molar refractivity (Wildman–Crippen MR) is 56.9 cm³/mol. The Morgan fingerprint density at radius 3 is 2.79 bits per heavy atom. The predicted octanol–water partition coefficient (Wildman–Crippen LogP) is 2.70. The average molecular weight is 196 g/mol. The molecule has 0 N–H and O–H groups in total. The molecule has 0 fully saturated rings. The first-order valence-corrected chi connectivity index (χ1v) is 4.97. The molecule has 1 rings (SSSR count). The molecule has 0 radical (unpaired) electrons. The Morgan fingerprint density at radius 1 is 1.50 bits per heavy atom. The summed E-state index contributed by atoms with van der Waals surface area (Å²) in [6, 6.07) is 4.87. The normalized spacial score (nSPS) is 12.6. The van der Waals surface area contributed by atoms with Crippen LogP contribution in [0.4, 0.5) is 10.2 Å². The van der Waals surface area contributed by atoms with Gasteiger partial charge in [-0.3, -0.25) is 0 Å². The van der Waals surface area contributed by atoms with E-state index < -0.39 is 5.95 Å². The number of hydrogen-bond acceptors (Lipinski definition) is 2. The zero-order valence-corrected chi connectivity index (χ0v) is 9.00. The van der Waals surface area contributed by atoms with Crippen molar-refractivity contribution >= 4 is 5.82 Å². The third-order valence-corrected chi connectivity index (χ3v) is 2.37. The van der Waals surface area contributed by atoms with Gasteiger partial charge < -0.3 is 4.90 Å². The van der Waals surface area contributed by atoms with E-state index in [-0.39, 0.29) is 0 Å². The lowest BCUT2D eigenvalue weighted by Crippen LogP contribution is -2.24. The van der Waals surface area contributed by atoms with Gasteiger partial charge in [0.1, 0.15) is 5.82 Å². The van der Waals surface area contributed by atoms with Gasteiger partial charge in [-0.1, -0.05) is 26.3 Å². The van der Waals surface area contributed by atoms with Crippen molar-refractivity contribution in [2.45, 2.75) is 20.3 Å². The highest BCUT2D eigenvalue weighted by Gasteiger charge is 2.06. The number of rotatable bonds is 4. The second-order valence-corrected chi connectivity index (χ2v) is 3.71. The Hall–Kier alpha value is -1.12. The molecule has 0 saturated heterocycles. The van der Waals surface area contributed by atoms with Crippen molar-refractivity contribution in [1.82, 2.24) is 4.98 Å². The molecule has 0 saturated carbocycles. The topological polar surface area (TPSA) is 16.1 Å². The maximum absolute atomic E-state index is 12.8. The van der Waals surface area contributed by atoms with E-state index in [9.17, 15) is 4.39 Å². The monoisotopic (exact) mass is 196 g/mol. The average Bonchev–Trinajstić information content (AvgIpc) is 2.17. The Kier molecular flexibility index (Phi) is 3.86. The van der Waals surface area contributed by atoms with Gasteiger partial charge >= 0.3 is 0 Å². The van der Waals surface area contributed by atoms with Crippen LogP contribution in [-0.4, -0.2) is 18.6 Å². The van der Waals surface area contributed by atoms with E-state index in [4.69, 9.17) is 0 Å². The number of halogens is 1. The van der Waals surface area contributed by atoms with Crippen LogP contribution in [0.1, 0.15) is 20.3 Å². The van der Waals surface area contributed by atoms with Crippen molar-refractivity contribution in [2.75, 3.05) is 18.5 Å². The van der Waals surface area contributed by atoms with Crippen LogP contribution in [0.2, 0.25) is 0 Å². The second-order valence-electron chi connectivity index (χ2n) is 3.71. The number of aromatic nitrogens is 1. The zero-order chi connectivity index (χ0) is 10.6. The minimum absolute atomic E-state index is 0.418. The van der Waals surface area contributed by atoms with Crippen LogP contribution in [0, 0.1) is 11.9 Å². The molecule has 1 unspecified atom stereocenters. The highest BCUT2D eigenvalue weighted by molar-refractivity contribution is 5.36. The molecule has 0 amide bonds. The molecule has 0 aliphatic carbocycles. The number of hydrogen-bond donors (Lipinski definition) is 0. The molecule has 3 heteroatoms. The fourth-order valence-corrected chi connectivity index (χ4v) is 1.30. The molecule has 0 aliphatic heterocycles. The molecule has 78 valence electrons. The van der Waals surface area contributed by atoms with E-state index in [1.165, 1.54) is 6.07 Å². The number of pyridine rings is 1. The van der Waals surface area contributed by atoms with Crippen LogP contribution < -0.4 is 4.90 Å². The summed E-state index contributed by atoms with van der Waals surface area (Å²) in [6.07, 6.45) is 1.12. The molecule has 1 heterocycles. The van der Waals surface area contributed by atoms with Gasteiger partial charge in [-0.25, -0.2) is 4.98 Å². The van der Waals surface area contributed by atoms with Crippen LogP contribution in [0.5, 0.6) is 0 Å². The lowest BCUT2D eigenvalue weighted by atomic mass is 10.1. The first-order valence-electron chi connectivity index (χ1n) is 4.97. The van der Waals surface area contributed by atoms with E-state index in [1.807, 2.05) is 18.0 Å². The van der Waals surface area contributed by atoms with Crippen molar-refractivity contribution in [1.29, 1.82) is 0 Å². The summed E-state index contributed by atoms with van der Waals surface area (Å²) < 4.78 is 12.8. The molecular formula is C11H17FN2. The first kappa shape index (κ1) is 11.0. The molecule has 0 bridgehead atoms. The molecule has 0 aromatic carbocycles. The van der Waals surface area contributed by atoms with Gasteiger partial charge in [-0.15, -0.1) is 0 Å². The smallest absolute Gasteiger partial charge is 0.214 e. The summed E-state index contributed by atoms with van der Waals surface area (Å²) in [7, 11) is 1.94. The van der Waals surface area contributed by atoms with Gasteiger partial charge in [0.05, 0.1) is 0 Å². The van der Waals surface area contributed by atoms with Gasteiger partial charge in [-0.05, 0) is 18.1 Å². The van der Waals surface area contributed by atoms with Crippen LogP contribution in [0.15, 0.2) is 18.2 Å². The highest BCUT2D eigenvalue weighted by Crippen LogP contribution is 2.12. The summed E-state index contributed by atoms with van der Waals surface area (Å²) in [4.78, 5) is 5.80. The maximum Gasteiger partial charge on any atom is 0.214 e. The van der Waals surface area contributed by atoms with Crippen LogP contribution in [0.3, 0.4) is 0 Å². The number of anilines is 1. The quantitative estimate of drug-likeness (QED) is 0.688. The molecular weight excluding hydrogens is 179 g/mol. The van der Waals surface area contributed by atoms with E-state index in [1.54, 1.807) is 6.07 Å². The summed E-state index contributed by atoms with van der Waals surface area (Å²) in [5.74, 6) is 0.883. The molecule has 1 aromatic heterocycles. The van der Waals surface area contributed by atoms with E-state index in [0.29, 0.717) is 11.7 Å². The van der Waals surface area contributed by atoms with Crippen molar-refractivity contribution in [3.8, 4) is 0 Å². The third kappa shape index (κ3) is 2.98. The summed E-state index contributed by atoms with van der Waals surface area (Å²) in [5.41, 5.74) is 0. The Morgan fingerprint density at radius 2 is 2.21 bits per heavy atom. The van der Waals surface area contributed by atoms with Crippen molar-refractivity contribution < 1.29 is 4.39 Å². The lowest BCUT2D eigenvalue weighted by Gasteiger charge is -2.21. The van der Waals surface area contributed by atoms with Crippen LogP contribution >= 0.6 is 0 Å². The van der Waals surface area contributed by atoms with E-state index >= 15 is 0 Å². The molecule has 0 aliphatic rings. The summed E-state index contributed by atoms with van der Waals surface area (Å²) >= 11 is 0. The lowest BCUT2D eigenvalue weighted by molar-refractivity contribution is 0.548. The van der Waals surface area contributed by atoms with Gasteiger partial charge in [0.25, 0.3) is 0 Å². The largest absolute Gasteiger partial charge is 0.359 e. The van der Waals surface area contributed by atoms with Gasteiger partial charge in [-0.2, -0.15) is 4.39 Å². The second kappa shape index (κ2) is 4.94. The summed E-state index contributed by atoms with van der Waals surface area (Å²) in [6.45, 7) is 5.24. The fourth-order valence-electron chi connectivity index (χ4n) is 1.30. The Bertz CT molecular complexity index is 288. The molecule has 0 spiro atoms. The van der Waals surface area contributed by atoms with Crippen molar-refractivity contribution in [2.24, 2.45) is 5.92 Å². The van der Waals surface area contributed by atoms with Crippen molar-refractivity contribution in [3.05, 3.63) is 24.1 Å². The van der Waals surface area contributed by atoms with Crippen LogP contribution in [-0.2, 0) is 0 Å². The van der Waals surface area contributed by atoms with Gasteiger partial charge in [0.15, 0.2) is 0 Å². The fraction of sp³-hybridized carbons (Fsp3) is 0.545. The van der Waals surface area contributed by atoms with Gasteiger partial charge in [0.2, 0.25) is 5.95 Å². The first-order chi connectivity index (χ1) is 6.63. The SMILES string of the molecule is CCC(C)CN(C)c1cccc(F)n1. The van der Waals surface area contributed by atoms with E-state index in [0.717, 1.165) is 13.0 Å². The van der Waals surface area contributed by atoms with Crippen LogP contribution in [0.25, 0.3) is 0 Å². The van der Waals surface area contributed by atoms with Gasteiger partial charge in [0, 0.05) is 13.6 Å². The maximum atomic E-state index is 12.8. The Labute approximate surface area is 84.8 Å². The molecule has 14 heavy (non-hydrogen) atoms. The molecule has 1 atom stereocenters.